The maximum atomic E-state index is 12.5. The molecule has 2 aromatic carbocycles. The van der Waals surface area contributed by atoms with Crippen LogP contribution in [0.2, 0.25) is 5.02 Å². The molecule has 3 aliphatic rings. The number of rotatable bonds is 5. The normalized spacial score (nSPS) is 25.0. The van der Waals surface area contributed by atoms with Crippen molar-refractivity contribution in [3.8, 4) is 5.75 Å². The maximum Gasteiger partial charge on any atom is 0.313 e. The van der Waals surface area contributed by atoms with Crippen molar-refractivity contribution in [1.82, 2.24) is 0 Å². The number of allylic oxidation sites excluding steroid dienone is 1. The summed E-state index contributed by atoms with van der Waals surface area (Å²) in [5.41, 5.74) is 5.83. The molecule has 2 atom stereocenters. The van der Waals surface area contributed by atoms with Crippen molar-refractivity contribution in [1.29, 1.82) is 0 Å². The molecule has 1 saturated carbocycles. The molecule has 3 nitrogen and oxygen atoms in total. The van der Waals surface area contributed by atoms with Crippen LogP contribution >= 0.6 is 11.6 Å². The molecule has 0 N–H and O–H groups in total. The molecule has 2 aliphatic carbocycles. The lowest BCUT2D eigenvalue weighted by Gasteiger charge is -2.24. The average Bonchev–Trinajstić information content (AvgIpc) is 3.21. The number of carbonyl (C=O) groups is 1. The fourth-order valence-corrected chi connectivity index (χ4v) is 5.69. The second-order valence-corrected chi connectivity index (χ2v) is 9.53. The monoisotopic (exact) mass is 422 g/mol. The van der Waals surface area contributed by atoms with Gasteiger partial charge in [0.1, 0.15) is 12.4 Å². The zero-order valence-corrected chi connectivity index (χ0v) is 18.0. The second-order valence-electron chi connectivity index (χ2n) is 9.12. The van der Waals surface area contributed by atoms with Crippen molar-refractivity contribution in [2.45, 2.75) is 51.6 Å². The van der Waals surface area contributed by atoms with Crippen LogP contribution in [-0.2, 0) is 35.4 Å². The van der Waals surface area contributed by atoms with E-state index in [0.717, 1.165) is 24.0 Å². The Morgan fingerprint density at radius 1 is 1.10 bits per heavy atom. The molecule has 0 aromatic heterocycles. The van der Waals surface area contributed by atoms with Crippen LogP contribution in [0.4, 0.5) is 0 Å². The van der Waals surface area contributed by atoms with Crippen LogP contribution in [0.5, 0.6) is 5.75 Å². The number of carbonyl (C=O) groups excluding carboxylic acids is 1. The van der Waals surface area contributed by atoms with Crippen LogP contribution in [0, 0.1) is 11.3 Å². The molecule has 0 bridgehead atoms. The molecule has 1 heterocycles. The van der Waals surface area contributed by atoms with Gasteiger partial charge in [-0.25, -0.2) is 0 Å². The number of esters is 1. The fraction of sp³-hybridized carbons (Fsp3) is 0.423. The first kappa shape index (κ1) is 19.7. The van der Waals surface area contributed by atoms with Crippen LogP contribution in [0.25, 0.3) is 0 Å². The Labute approximate surface area is 183 Å². The van der Waals surface area contributed by atoms with Gasteiger partial charge in [-0.15, -0.1) is 0 Å². The zero-order valence-electron chi connectivity index (χ0n) is 17.2. The molecule has 1 aliphatic heterocycles. The van der Waals surface area contributed by atoms with Gasteiger partial charge in [-0.3, -0.25) is 4.79 Å². The summed E-state index contributed by atoms with van der Waals surface area (Å²) in [7, 11) is 0. The van der Waals surface area contributed by atoms with Crippen molar-refractivity contribution in [3.05, 3.63) is 75.8 Å². The Hall–Kier alpha value is -2.26. The Balaban J connectivity index is 1.28. The Kier molecular flexibility index (Phi) is 5.10. The van der Waals surface area contributed by atoms with Crippen LogP contribution < -0.4 is 4.74 Å². The van der Waals surface area contributed by atoms with Gasteiger partial charge in [0.05, 0.1) is 17.0 Å². The predicted octanol–water partition coefficient (Wildman–Crippen LogP) is 5.85. The van der Waals surface area contributed by atoms with Gasteiger partial charge in [0, 0.05) is 5.92 Å². The van der Waals surface area contributed by atoms with E-state index in [0.29, 0.717) is 36.8 Å². The van der Waals surface area contributed by atoms with Crippen LogP contribution in [-0.4, -0.2) is 12.6 Å². The minimum atomic E-state index is -0.466. The van der Waals surface area contributed by atoms with E-state index in [1.54, 1.807) is 0 Å². The maximum absolute atomic E-state index is 12.5. The third-order valence-electron chi connectivity index (χ3n) is 7.03. The second kappa shape index (κ2) is 7.77. The summed E-state index contributed by atoms with van der Waals surface area (Å²) in [6.45, 7) is 5.13. The number of halogens is 1. The highest BCUT2D eigenvalue weighted by molar-refractivity contribution is 6.32. The molecule has 0 amide bonds. The van der Waals surface area contributed by atoms with E-state index in [9.17, 15) is 4.79 Å². The lowest BCUT2D eigenvalue weighted by molar-refractivity contribution is -0.146. The van der Waals surface area contributed by atoms with Gasteiger partial charge in [-0.2, -0.15) is 0 Å². The fourth-order valence-electron chi connectivity index (χ4n) is 5.44. The first-order chi connectivity index (χ1) is 14.5. The molecule has 2 fully saturated rings. The number of hydrogen-bond donors (Lipinski definition) is 0. The average molecular weight is 423 g/mol. The summed E-state index contributed by atoms with van der Waals surface area (Å²) >= 11 is 6.54. The largest absolute Gasteiger partial charge is 0.487 e. The molecule has 0 spiro atoms. The van der Waals surface area contributed by atoms with E-state index < -0.39 is 5.41 Å². The Morgan fingerprint density at radius 3 is 2.73 bits per heavy atom. The third-order valence-corrected chi connectivity index (χ3v) is 7.32. The Bertz CT molecular complexity index is 1010. The molecule has 2 aromatic rings. The summed E-state index contributed by atoms with van der Waals surface area (Å²) in [5.74, 6) is 0.822. The third kappa shape index (κ3) is 3.54. The smallest absolute Gasteiger partial charge is 0.313 e. The highest BCUT2D eigenvalue weighted by Gasteiger charge is 2.55. The molecule has 4 heteroatoms. The first-order valence-electron chi connectivity index (χ1n) is 10.9. The Morgan fingerprint density at radius 2 is 1.90 bits per heavy atom. The molecule has 5 rings (SSSR count). The van der Waals surface area contributed by atoms with Gasteiger partial charge < -0.3 is 9.47 Å². The van der Waals surface area contributed by atoms with Crippen molar-refractivity contribution >= 4 is 17.6 Å². The van der Waals surface area contributed by atoms with Crippen molar-refractivity contribution < 1.29 is 14.3 Å². The number of fused-ring (bicyclic) bond motifs is 2. The van der Waals surface area contributed by atoms with Crippen LogP contribution in [0.15, 0.2) is 48.6 Å². The standard InChI is InChI=1S/C26H27ClO3/c1-17-10-22-16-30-25(28)26(22,13-17)14-18-7-9-24(23(27)12-18)29-15-19-6-8-20-4-2-3-5-21(20)11-19/h6-9,11-12,22H,1-5,10,13-16H2. The highest BCUT2D eigenvalue weighted by atomic mass is 35.5. The molecule has 2 unspecified atom stereocenters. The van der Waals surface area contributed by atoms with E-state index in [2.05, 4.69) is 24.8 Å². The zero-order chi connectivity index (χ0) is 20.7. The lowest BCUT2D eigenvalue weighted by atomic mass is 9.75. The minimum absolute atomic E-state index is 0.0880. The summed E-state index contributed by atoms with van der Waals surface area (Å²) in [4.78, 5) is 12.5. The quantitative estimate of drug-likeness (QED) is 0.448. The number of hydrogen-bond acceptors (Lipinski definition) is 3. The number of ether oxygens (including phenoxy) is 2. The summed E-state index contributed by atoms with van der Waals surface area (Å²) in [6.07, 6.45) is 7.14. The van der Waals surface area contributed by atoms with Gasteiger partial charge in [-0.05, 0) is 79.3 Å². The minimum Gasteiger partial charge on any atom is -0.487 e. The summed E-state index contributed by atoms with van der Waals surface area (Å²) < 4.78 is 11.4. The summed E-state index contributed by atoms with van der Waals surface area (Å²) in [6, 6.07) is 12.5. The molecule has 30 heavy (non-hydrogen) atoms. The van der Waals surface area contributed by atoms with Gasteiger partial charge >= 0.3 is 5.97 Å². The van der Waals surface area contributed by atoms with Crippen molar-refractivity contribution in [2.75, 3.05) is 6.61 Å². The van der Waals surface area contributed by atoms with Crippen LogP contribution in [0.3, 0.4) is 0 Å². The SMILES string of the molecule is C=C1CC2COC(=O)C2(Cc2ccc(OCc3ccc4c(c3)CCCC4)c(Cl)c2)C1. The summed E-state index contributed by atoms with van der Waals surface area (Å²) in [5, 5.41) is 0.585. The van der Waals surface area contributed by atoms with E-state index in [4.69, 9.17) is 21.1 Å². The van der Waals surface area contributed by atoms with Gasteiger partial charge in [0.25, 0.3) is 0 Å². The van der Waals surface area contributed by atoms with Gasteiger partial charge in [0.2, 0.25) is 0 Å². The van der Waals surface area contributed by atoms with Crippen molar-refractivity contribution in [2.24, 2.45) is 11.3 Å². The van der Waals surface area contributed by atoms with E-state index in [-0.39, 0.29) is 11.9 Å². The molecular weight excluding hydrogens is 396 g/mol. The van der Waals surface area contributed by atoms with E-state index in [1.807, 2.05) is 18.2 Å². The van der Waals surface area contributed by atoms with Crippen molar-refractivity contribution in [3.63, 3.8) is 0 Å². The number of aryl methyl sites for hydroxylation is 2. The van der Waals surface area contributed by atoms with Crippen LogP contribution in [0.1, 0.15) is 47.9 Å². The molecule has 0 radical (unpaired) electrons. The van der Waals surface area contributed by atoms with Gasteiger partial charge in [-0.1, -0.05) is 48.0 Å². The number of benzene rings is 2. The topological polar surface area (TPSA) is 35.5 Å². The molecular formula is C26H27ClO3. The number of cyclic esters (lactones) is 1. The van der Waals surface area contributed by atoms with E-state index >= 15 is 0 Å². The molecule has 1 saturated heterocycles. The molecule has 156 valence electrons. The van der Waals surface area contributed by atoms with E-state index in [1.165, 1.54) is 36.0 Å². The first-order valence-corrected chi connectivity index (χ1v) is 11.3. The predicted molar refractivity (Wildman–Crippen MR) is 118 cm³/mol. The lowest BCUT2D eigenvalue weighted by Crippen LogP contribution is -2.31. The highest BCUT2D eigenvalue weighted by Crippen LogP contribution is 2.52. The van der Waals surface area contributed by atoms with Gasteiger partial charge in [0.15, 0.2) is 0 Å².